The van der Waals surface area contributed by atoms with Crippen molar-refractivity contribution in [3.8, 4) is 11.4 Å². The van der Waals surface area contributed by atoms with E-state index < -0.39 is 0 Å². The van der Waals surface area contributed by atoms with Gasteiger partial charge in [0.2, 0.25) is 11.7 Å². The molecule has 2 aromatic heterocycles. The first-order chi connectivity index (χ1) is 11.2. The summed E-state index contributed by atoms with van der Waals surface area (Å²) in [5, 5.41) is 11.0. The Labute approximate surface area is 142 Å². The number of thiocarbonyl (C=S) groups is 1. The van der Waals surface area contributed by atoms with E-state index in [1.54, 1.807) is 24.5 Å². The highest BCUT2D eigenvalue weighted by molar-refractivity contribution is 7.80. The minimum Gasteiger partial charge on any atom is -0.353 e. The number of halogens is 1. The van der Waals surface area contributed by atoms with Gasteiger partial charge >= 0.3 is 0 Å². The van der Waals surface area contributed by atoms with Gasteiger partial charge in [-0.3, -0.25) is 4.98 Å². The minimum absolute atomic E-state index is 0.324. The second-order valence-corrected chi connectivity index (χ2v) is 5.41. The Bertz CT molecular complexity index is 808. The predicted octanol–water partition coefficient (Wildman–Crippen LogP) is 3.27. The summed E-state index contributed by atoms with van der Waals surface area (Å²) in [4.78, 5) is 8.24. The molecule has 6 nitrogen and oxygen atoms in total. The van der Waals surface area contributed by atoms with Crippen molar-refractivity contribution in [3.63, 3.8) is 0 Å². The van der Waals surface area contributed by atoms with Crippen LogP contribution in [0, 0.1) is 0 Å². The molecule has 0 saturated carbocycles. The molecular weight excluding hydrogens is 334 g/mol. The van der Waals surface area contributed by atoms with Crippen LogP contribution in [0.25, 0.3) is 11.4 Å². The van der Waals surface area contributed by atoms with Gasteiger partial charge in [-0.05, 0) is 36.5 Å². The average molecular weight is 346 g/mol. The van der Waals surface area contributed by atoms with E-state index in [0.717, 1.165) is 11.3 Å². The standard InChI is InChI=1S/C15H12ClN5OS/c16-11-3-1-2-10(8-11)14-20-13(22-21-14)9-18-15(23)19-12-4-6-17-7-5-12/h1-8H,9H2,(H2,17,18,19,23). The van der Waals surface area contributed by atoms with Gasteiger partial charge in [0.25, 0.3) is 0 Å². The van der Waals surface area contributed by atoms with Crippen LogP contribution < -0.4 is 10.6 Å². The van der Waals surface area contributed by atoms with E-state index in [1.807, 2.05) is 24.3 Å². The van der Waals surface area contributed by atoms with Gasteiger partial charge in [-0.2, -0.15) is 4.98 Å². The summed E-state index contributed by atoms with van der Waals surface area (Å²) >= 11 is 11.2. The topological polar surface area (TPSA) is 75.9 Å². The molecule has 2 heterocycles. The molecule has 1 aromatic carbocycles. The average Bonchev–Trinajstić information content (AvgIpc) is 3.03. The Morgan fingerprint density at radius 1 is 1.22 bits per heavy atom. The van der Waals surface area contributed by atoms with Crippen molar-refractivity contribution >= 4 is 34.6 Å². The molecule has 3 aromatic rings. The van der Waals surface area contributed by atoms with Crippen molar-refractivity contribution < 1.29 is 4.52 Å². The number of aromatic nitrogens is 3. The van der Waals surface area contributed by atoms with Crippen LogP contribution in [-0.4, -0.2) is 20.2 Å². The van der Waals surface area contributed by atoms with E-state index >= 15 is 0 Å². The first-order valence-corrected chi connectivity index (χ1v) is 7.53. The van der Waals surface area contributed by atoms with E-state index in [2.05, 4.69) is 25.8 Å². The highest BCUT2D eigenvalue weighted by Gasteiger charge is 2.09. The summed E-state index contributed by atoms with van der Waals surface area (Å²) < 4.78 is 5.20. The summed E-state index contributed by atoms with van der Waals surface area (Å²) in [5.41, 5.74) is 1.65. The highest BCUT2D eigenvalue weighted by Crippen LogP contribution is 2.19. The fourth-order valence-corrected chi connectivity index (χ4v) is 2.22. The minimum atomic E-state index is 0.324. The number of rotatable bonds is 4. The summed E-state index contributed by atoms with van der Waals surface area (Å²) in [6.45, 7) is 0.324. The van der Waals surface area contributed by atoms with Gasteiger partial charge in [-0.25, -0.2) is 0 Å². The monoisotopic (exact) mass is 345 g/mol. The van der Waals surface area contributed by atoms with Crippen molar-refractivity contribution in [2.24, 2.45) is 0 Å². The van der Waals surface area contributed by atoms with Crippen LogP contribution in [0.5, 0.6) is 0 Å². The molecule has 0 spiro atoms. The number of benzene rings is 1. The van der Waals surface area contributed by atoms with Crippen LogP contribution >= 0.6 is 23.8 Å². The van der Waals surface area contributed by atoms with Crippen LogP contribution in [0.1, 0.15) is 5.89 Å². The second-order valence-electron chi connectivity index (χ2n) is 4.57. The fraction of sp³-hybridized carbons (Fsp3) is 0.0667. The van der Waals surface area contributed by atoms with Gasteiger partial charge in [0.05, 0.1) is 6.54 Å². The van der Waals surface area contributed by atoms with E-state index in [-0.39, 0.29) is 0 Å². The molecule has 0 aliphatic rings. The zero-order chi connectivity index (χ0) is 16.1. The fourth-order valence-electron chi connectivity index (χ4n) is 1.84. The zero-order valence-electron chi connectivity index (χ0n) is 11.9. The number of anilines is 1. The molecule has 3 rings (SSSR count). The Balaban J connectivity index is 1.58. The Hall–Kier alpha value is -2.51. The first-order valence-electron chi connectivity index (χ1n) is 6.74. The maximum Gasteiger partial charge on any atom is 0.246 e. The summed E-state index contributed by atoms with van der Waals surface area (Å²) in [7, 11) is 0. The van der Waals surface area contributed by atoms with Crippen LogP contribution in [0.15, 0.2) is 53.3 Å². The molecule has 23 heavy (non-hydrogen) atoms. The van der Waals surface area contributed by atoms with Gasteiger partial charge in [-0.15, -0.1) is 0 Å². The first kappa shape index (κ1) is 15.4. The smallest absolute Gasteiger partial charge is 0.246 e. The quantitative estimate of drug-likeness (QED) is 0.703. The maximum atomic E-state index is 5.95. The molecule has 0 unspecified atom stereocenters. The van der Waals surface area contributed by atoms with Crippen LogP contribution in [0.3, 0.4) is 0 Å². The lowest BCUT2D eigenvalue weighted by atomic mass is 10.2. The normalized spacial score (nSPS) is 10.3. The van der Waals surface area contributed by atoms with Crippen molar-refractivity contribution in [2.45, 2.75) is 6.54 Å². The summed E-state index contributed by atoms with van der Waals surface area (Å²) in [6, 6.07) is 10.9. The van der Waals surface area contributed by atoms with E-state index in [4.69, 9.17) is 28.3 Å². The van der Waals surface area contributed by atoms with Gasteiger partial charge in [-0.1, -0.05) is 28.9 Å². The van der Waals surface area contributed by atoms with Gasteiger partial charge in [0.1, 0.15) is 0 Å². The molecule has 0 aliphatic heterocycles. The largest absolute Gasteiger partial charge is 0.353 e. The number of hydrogen-bond donors (Lipinski definition) is 2. The summed E-state index contributed by atoms with van der Waals surface area (Å²) in [6.07, 6.45) is 3.36. The number of hydrogen-bond acceptors (Lipinski definition) is 5. The molecule has 8 heteroatoms. The maximum absolute atomic E-state index is 5.95. The second kappa shape index (κ2) is 7.17. The molecule has 0 fully saturated rings. The number of nitrogens with one attached hydrogen (secondary N) is 2. The molecule has 0 atom stereocenters. The molecule has 0 saturated heterocycles. The molecule has 0 aliphatic carbocycles. The third kappa shape index (κ3) is 4.24. The van der Waals surface area contributed by atoms with E-state index in [9.17, 15) is 0 Å². The molecule has 0 bridgehead atoms. The molecule has 116 valence electrons. The Morgan fingerprint density at radius 3 is 2.83 bits per heavy atom. The summed E-state index contributed by atoms with van der Waals surface area (Å²) in [5.74, 6) is 0.913. The van der Waals surface area contributed by atoms with Gasteiger partial charge in [0.15, 0.2) is 5.11 Å². The lowest BCUT2D eigenvalue weighted by molar-refractivity contribution is 0.376. The Kier molecular flexibility index (Phi) is 4.80. The third-order valence-electron chi connectivity index (χ3n) is 2.89. The molecule has 0 amide bonds. The van der Waals surface area contributed by atoms with Crippen molar-refractivity contribution in [2.75, 3.05) is 5.32 Å². The third-order valence-corrected chi connectivity index (χ3v) is 3.37. The number of nitrogens with zero attached hydrogens (tertiary/aromatic N) is 3. The lowest BCUT2D eigenvalue weighted by Crippen LogP contribution is -2.27. The lowest BCUT2D eigenvalue weighted by Gasteiger charge is -2.07. The highest BCUT2D eigenvalue weighted by atomic mass is 35.5. The molecule has 0 radical (unpaired) electrons. The zero-order valence-corrected chi connectivity index (χ0v) is 13.4. The van der Waals surface area contributed by atoms with Crippen LogP contribution in [0.2, 0.25) is 5.02 Å². The van der Waals surface area contributed by atoms with E-state index in [0.29, 0.717) is 28.4 Å². The van der Waals surface area contributed by atoms with Crippen molar-refractivity contribution in [1.82, 2.24) is 20.4 Å². The molecule has 2 N–H and O–H groups in total. The number of pyridine rings is 1. The van der Waals surface area contributed by atoms with Crippen molar-refractivity contribution in [3.05, 3.63) is 59.7 Å². The Morgan fingerprint density at radius 2 is 2.04 bits per heavy atom. The molecular formula is C15H12ClN5OS. The SMILES string of the molecule is S=C(NCc1nc(-c2cccc(Cl)c2)no1)Nc1ccncc1. The van der Waals surface area contributed by atoms with Gasteiger partial charge in [0, 0.05) is 28.7 Å². The van der Waals surface area contributed by atoms with Gasteiger partial charge < -0.3 is 15.2 Å². The van der Waals surface area contributed by atoms with Crippen LogP contribution in [-0.2, 0) is 6.54 Å². The van der Waals surface area contributed by atoms with Crippen LogP contribution in [0.4, 0.5) is 5.69 Å². The van der Waals surface area contributed by atoms with E-state index in [1.165, 1.54) is 0 Å². The predicted molar refractivity (Wildman–Crippen MR) is 92.0 cm³/mol. The van der Waals surface area contributed by atoms with Crippen molar-refractivity contribution in [1.29, 1.82) is 0 Å².